The minimum absolute atomic E-state index is 0.0233. The van der Waals surface area contributed by atoms with E-state index in [1.807, 2.05) is 0 Å². The lowest BCUT2D eigenvalue weighted by molar-refractivity contribution is 0.452. The number of nitrogens with one attached hydrogen (secondary N) is 2. The van der Waals surface area contributed by atoms with E-state index in [0.29, 0.717) is 0 Å². The van der Waals surface area contributed by atoms with Crippen LogP contribution in [0, 0.1) is 0 Å². The molecule has 5 heterocycles. The zero-order valence-electron chi connectivity index (χ0n) is 25.2. The normalized spacial score (nSPS) is 17.7. The molecule has 0 saturated carbocycles. The third kappa shape index (κ3) is 4.66. The second-order valence-electron chi connectivity index (χ2n) is 12.5. The summed E-state index contributed by atoms with van der Waals surface area (Å²) in [4.78, 5) is 7.83. The molecular formula is C41H35N2OP. The molecule has 7 aromatic rings. The van der Waals surface area contributed by atoms with Crippen LogP contribution in [0.5, 0.6) is 0 Å². The summed E-state index contributed by atoms with van der Waals surface area (Å²) in [5.41, 5.74) is 10.7. The van der Waals surface area contributed by atoms with E-state index in [1.54, 1.807) is 21.7 Å². The maximum atomic E-state index is 6.89. The number of fused-ring (bicyclic) bond motifs is 11. The molecule has 2 atom stereocenters. The fraction of sp³-hybridized carbons (Fsp3) is 0.171. The van der Waals surface area contributed by atoms with Crippen LogP contribution in [0.25, 0.3) is 5.30 Å². The van der Waals surface area contributed by atoms with Crippen molar-refractivity contribution in [2.24, 2.45) is 0 Å². The summed E-state index contributed by atoms with van der Waals surface area (Å²) in [5.74, 6) is 1.87. The van der Waals surface area contributed by atoms with Crippen molar-refractivity contribution in [3.63, 3.8) is 0 Å². The third-order valence-corrected chi connectivity index (χ3v) is 12.6. The number of rotatable bonds is 3. The standard InChI is InChI=1S/C41H35N2OP/c1-4-11-27(12-5-1)40-34-21-19-29(42-34)25-38-32-17-10-18-33(32)39(45(38)31-15-8-3-9-16-31)26-30-20-22-35(43-30)41(28-13-6-2-7-14-28)37-24-23-36(40)44-37/h1-9,11-16,19-24,40-43H,10,17-18,25-26H2. The Morgan fingerprint density at radius 2 is 0.978 bits per heavy atom. The van der Waals surface area contributed by atoms with Gasteiger partial charge in [0.25, 0.3) is 0 Å². The average molecular weight is 603 g/mol. The van der Waals surface area contributed by atoms with Crippen LogP contribution >= 0.6 is 7.53 Å². The number of aromatic nitrogens is 2. The first-order valence-electron chi connectivity index (χ1n) is 16.1. The number of aromatic amines is 2. The zero-order valence-corrected chi connectivity index (χ0v) is 26.1. The minimum atomic E-state index is -0.571. The van der Waals surface area contributed by atoms with E-state index in [4.69, 9.17) is 4.42 Å². The van der Waals surface area contributed by atoms with Crippen molar-refractivity contribution in [3.8, 4) is 5.30 Å². The van der Waals surface area contributed by atoms with Crippen LogP contribution in [0.2, 0.25) is 0 Å². The molecule has 0 amide bonds. The van der Waals surface area contributed by atoms with Crippen molar-refractivity contribution in [3.05, 3.63) is 195 Å². The molecule has 4 aromatic heterocycles. The monoisotopic (exact) mass is 602 g/mol. The number of furan rings is 1. The highest BCUT2D eigenvalue weighted by Gasteiger charge is 2.30. The van der Waals surface area contributed by atoms with E-state index in [1.165, 1.54) is 58.5 Å². The highest BCUT2D eigenvalue weighted by molar-refractivity contribution is 7.59. The molecule has 1 aliphatic heterocycles. The quantitative estimate of drug-likeness (QED) is 0.208. The first-order chi connectivity index (χ1) is 22.3. The maximum Gasteiger partial charge on any atom is 0.117 e. The molecule has 2 unspecified atom stereocenters. The van der Waals surface area contributed by atoms with Crippen molar-refractivity contribution in [1.82, 2.24) is 9.97 Å². The van der Waals surface area contributed by atoms with Crippen LogP contribution in [0.3, 0.4) is 0 Å². The van der Waals surface area contributed by atoms with Gasteiger partial charge in [-0.3, -0.25) is 0 Å². The summed E-state index contributed by atoms with van der Waals surface area (Å²) in [6.07, 6.45) is 5.56. The van der Waals surface area contributed by atoms with E-state index in [0.717, 1.165) is 24.4 Å². The Kier molecular flexibility index (Phi) is 6.53. The highest BCUT2D eigenvalue weighted by Crippen LogP contribution is 2.56. The van der Waals surface area contributed by atoms with Gasteiger partial charge in [0.15, 0.2) is 0 Å². The Morgan fingerprint density at radius 1 is 0.511 bits per heavy atom. The Labute approximate surface area is 265 Å². The van der Waals surface area contributed by atoms with E-state index in [9.17, 15) is 0 Å². The molecule has 3 nitrogen and oxygen atoms in total. The van der Waals surface area contributed by atoms with Gasteiger partial charge in [-0.2, -0.15) is 0 Å². The number of H-pyrrole nitrogens is 2. The first-order valence-corrected chi connectivity index (χ1v) is 17.5. The number of hydrogen-bond acceptors (Lipinski definition) is 1. The van der Waals surface area contributed by atoms with Crippen LogP contribution in [0.4, 0.5) is 0 Å². The molecule has 0 radical (unpaired) electrons. The largest absolute Gasteiger partial charge is 0.464 e. The predicted octanol–water partition coefficient (Wildman–Crippen LogP) is 10.3. The van der Waals surface area contributed by atoms with Crippen LogP contribution < -0.4 is 0 Å². The molecule has 2 N–H and O–H groups in total. The summed E-state index contributed by atoms with van der Waals surface area (Å²) in [7, 11) is -0.571. The second kappa shape index (κ2) is 11.0. The van der Waals surface area contributed by atoms with Gasteiger partial charge in [-0.25, -0.2) is 0 Å². The lowest BCUT2D eigenvalue weighted by Crippen LogP contribution is -2.05. The Balaban J connectivity index is 1.29. The molecule has 2 aliphatic rings. The van der Waals surface area contributed by atoms with E-state index in [2.05, 4.69) is 137 Å². The Bertz CT molecular complexity index is 1970. The van der Waals surface area contributed by atoms with Gasteiger partial charge in [-0.15, -0.1) is 0 Å². The zero-order chi connectivity index (χ0) is 29.7. The lowest BCUT2D eigenvalue weighted by atomic mass is 9.93. The molecule has 220 valence electrons. The van der Waals surface area contributed by atoms with Crippen molar-refractivity contribution >= 4 is 7.53 Å². The van der Waals surface area contributed by atoms with Crippen LogP contribution in [-0.2, 0) is 25.7 Å². The van der Waals surface area contributed by atoms with Gasteiger partial charge in [-0.05, 0) is 93.8 Å². The maximum absolute atomic E-state index is 6.89. The topological polar surface area (TPSA) is 44.7 Å². The van der Waals surface area contributed by atoms with Gasteiger partial charge in [0.2, 0.25) is 0 Å². The average Bonchev–Trinajstić information content (AvgIpc) is 3.92. The predicted molar refractivity (Wildman–Crippen MR) is 183 cm³/mol. The lowest BCUT2D eigenvalue weighted by Gasteiger charge is -2.17. The molecule has 3 aromatic carbocycles. The van der Waals surface area contributed by atoms with Gasteiger partial charge in [0, 0.05) is 35.6 Å². The second-order valence-corrected chi connectivity index (χ2v) is 14.8. The fourth-order valence-electron chi connectivity index (χ4n) is 7.86. The molecular weight excluding hydrogens is 567 g/mol. The highest BCUT2D eigenvalue weighted by atomic mass is 31.1. The molecule has 1 aliphatic carbocycles. The summed E-state index contributed by atoms with van der Waals surface area (Å²) in [5, 5.41) is 4.76. The van der Waals surface area contributed by atoms with Crippen LogP contribution in [0.15, 0.2) is 132 Å². The number of benzene rings is 3. The van der Waals surface area contributed by atoms with E-state index in [-0.39, 0.29) is 11.8 Å². The van der Waals surface area contributed by atoms with Crippen molar-refractivity contribution in [1.29, 1.82) is 0 Å². The van der Waals surface area contributed by atoms with Crippen molar-refractivity contribution in [2.75, 3.05) is 0 Å². The molecule has 0 fully saturated rings. The third-order valence-electron chi connectivity index (χ3n) is 9.83. The Morgan fingerprint density at radius 3 is 1.47 bits per heavy atom. The van der Waals surface area contributed by atoms with Gasteiger partial charge in [-0.1, -0.05) is 98.5 Å². The van der Waals surface area contributed by atoms with Gasteiger partial charge >= 0.3 is 0 Å². The van der Waals surface area contributed by atoms with Crippen molar-refractivity contribution < 1.29 is 4.42 Å². The summed E-state index contributed by atoms with van der Waals surface area (Å²) in [6, 6.07) is 46.4. The SMILES string of the molecule is c1ccc(C2c3ccc([nH]3)Cc3c4c(c(p3-c3ccccc3)Cc3ccc([nH]3)C(c3ccccc3)c3ccc2o3)CCC4)cc1. The van der Waals surface area contributed by atoms with Gasteiger partial charge in [0.1, 0.15) is 11.5 Å². The van der Waals surface area contributed by atoms with Gasteiger partial charge in [0.05, 0.1) is 11.8 Å². The molecule has 9 rings (SSSR count). The van der Waals surface area contributed by atoms with E-state index < -0.39 is 7.53 Å². The van der Waals surface area contributed by atoms with Crippen LogP contribution in [0.1, 0.15) is 85.4 Å². The van der Waals surface area contributed by atoms with Gasteiger partial charge < -0.3 is 14.4 Å². The molecule has 45 heavy (non-hydrogen) atoms. The fourth-order valence-corrected chi connectivity index (χ4v) is 11.0. The summed E-state index contributed by atoms with van der Waals surface area (Å²) < 4.78 is 6.89. The first kappa shape index (κ1) is 26.7. The number of hydrogen-bond donors (Lipinski definition) is 2. The van der Waals surface area contributed by atoms with E-state index >= 15 is 0 Å². The van der Waals surface area contributed by atoms with Crippen LogP contribution in [-0.4, -0.2) is 9.97 Å². The summed E-state index contributed by atoms with van der Waals surface area (Å²) in [6.45, 7) is 0. The smallest absolute Gasteiger partial charge is 0.117 e. The molecule has 0 spiro atoms. The minimum Gasteiger partial charge on any atom is -0.464 e. The molecule has 8 bridgehead atoms. The molecule has 0 saturated heterocycles. The Hall–Kier alpha value is -4.72. The summed E-state index contributed by atoms with van der Waals surface area (Å²) >= 11 is 0. The molecule has 4 heteroatoms. The van der Waals surface area contributed by atoms with Crippen molar-refractivity contribution in [2.45, 2.75) is 43.9 Å².